The summed E-state index contributed by atoms with van der Waals surface area (Å²) < 4.78 is 25.3. The number of benzene rings is 2. The molecule has 0 aliphatic heterocycles. The van der Waals surface area contributed by atoms with E-state index in [-0.39, 0.29) is 6.61 Å². The quantitative estimate of drug-likeness (QED) is 0.367. The Morgan fingerprint density at radius 3 is 2.00 bits per heavy atom. The summed E-state index contributed by atoms with van der Waals surface area (Å²) in [6.45, 7) is 0.00639. The van der Waals surface area contributed by atoms with Crippen LogP contribution in [0.5, 0.6) is 11.5 Å². The van der Waals surface area contributed by atoms with Gasteiger partial charge in [-0.25, -0.2) is 4.79 Å². The molecule has 0 spiro atoms. The van der Waals surface area contributed by atoms with Gasteiger partial charge < -0.3 is 29.0 Å². The molecule has 0 heterocycles. The lowest BCUT2D eigenvalue weighted by molar-refractivity contribution is -0.160. The molecular weight excluding hydrogens is 406 g/mol. The van der Waals surface area contributed by atoms with Gasteiger partial charge in [-0.2, -0.15) is 0 Å². The molecule has 9 heteroatoms. The molecule has 166 valence electrons. The Hall–Kier alpha value is -3.75. The Labute approximate surface area is 180 Å². The van der Waals surface area contributed by atoms with Gasteiger partial charge in [-0.1, -0.05) is 36.4 Å². The summed E-state index contributed by atoms with van der Waals surface area (Å²) in [5.74, 6) is -2.45. The highest BCUT2D eigenvalue weighted by Crippen LogP contribution is 2.33. The highest BCUT2D eigenvalue weighted by molar-refractivity contribution is 5.96. The van der Waals surface area contributed by atoms with Crippen molar-refractivity contribution in [2.45, 2.75) is 12.6 Å². The van der Waals surface area contributed by atoms with Gasteiger partial charge in [0.05, 0.1) is 34.5 Å². The average molecular weight is 431 g/mol. The molecule has 0 unspecified atom stereocenters. The van der Waals surface area contributed by atoms with Crippen molar-refractivity contribution in [3.05, 3.63) is 59.7 Å². The summed E-state index contributed by atoms with van der Waals surface area (Å²) in [6.07, 6.45) is -0.832. The number of amides is 1. The van der Waals surface area contributed by atoms with E-state index >= 15 is 0 Å². The predicted octanol–water partition coefficient (Wildman–Crippen LogP) is 2.63. The molecule has 2 aromatic rings. The zero-order chi connectivity index (χ0) is 22.8. The Kier molecular flexibility index (Phi) is 8.68. The Morgan fingerprint density at radius 2 is 1.45 bits per heavy atom. The molecule has 0 aromatic heterocycles. The number of hydrogen-bond acceptors (Lipinski definition) is 8. The largest absolute Gasteiger partial charge is 0.493 e. The Morgan fingerprint density at radius 1 is 0.839 bits per heavy atom. The third-order valence-electron chi connectivity index (χ3n) is 4.50. The van der Waals surface area contributed by atoms with Crippen LogP contribution in [0.4, 0.5) is 4.79 Å². The molecule has 0 saturated carbocycles. The number of methoxy groups -OCH3 is 4. The fourth-order valence-electron chi connectivity index (χ4n) is 2.92. The zero-order valence-electron chi connectivity index (χ0n) is 17.7. The summed E-state index contributed by atoms with van der Waals surface area (Å²) in [5.41, 5.74) is 1.16. The second-order valence-corrected chi connectivity index (χ2v) is 6.32. The van der Waals surface area contributed by atoms with Crippen LogP contribution in [0, 0.1) is 5.92 Å². The average Bonchev–Trinajstić information content (AvgIpc) is 2.81. The smallest absolute Gasteiger partial charge is 0.407 e. The summed E-state index contributed by atoms with van der Waals surface area (Å²) in [4.78, 5) is 37.3. The molecule has 0 aliphatic rings. The van der Waals surface area contributed by atoms with Crippen LogP contribution in [0.2, 0.25) is 0 Å². The van der Waals surface area contributed by atoms with Crippen LogP contribution in [0.25, 0.3) is 0 Å². The molecule has 0 bridgehead atoms. The number of carbonyl (C=O) groups excluding carboxylic acids is 3. The highest BCUT2D eigenvalue weighted by Gasteiger charge is 2.39. The van der Waals surface area contributed by atoms with Crippen molar-refractivity contribution < 1.29 is 38.1 Å². The van der Waals surface area contributed by atoms with E-state index in [1.165, 1.54) is 14.2 Å². The maximum Gasteiger partial charge on any atom is 0.407 e. The number of hydrogen-bond donors (Lipinski definition) is 1. The number of nitrogens with one attached hydrogen (secondary N) is 1. The van der Waals surface area contributed by atoms with E-state index < -0.39 is 30.0 Å². The topological polar surface area (TPSA) is 109 Å². The van der Waals surface area contributed by atoms with E-state index in [9.17, 15) is 14.4 Å². The molecule has 0 radical (unpaired) electrons. The van der Waals surface area contributed by atoms with Gasteiger partial charge in [-0.3, -0.25) is 9.59 Å². The monoisotopic (exact) mass is 431 g/mol. The molecule has 0 aliphatic carbocycles. The second kappa shape index (κ2) is 11.4. The lowest BCUT2D eigenvalue weighted by atomic mass is 9.92. The second-order valence-electron chi connectivity index (χ2n) is 6.32. The lowest BCUT2D eigenvalue weighted by Gasteiger charge is -2.25. The van der Waals surface area contributed by atoms with E-state index in [0.29, 0.717) is 17.1 Å². The van der Waals surface area contributed by atoms with Crippen molar-refractivity contribution in [1.82, 2.24) is 5.32 Å². The van der Waals surface area contributed by atoms with Gasteiger partial charge in [0.1, 0.15) is 6.61 Å². The first-order valence-corrected chi connectivity index (χ1v) is 9.29. The summed E-state index contributed by atoms with van der Waals surface area (Å²) in [7, 11) is 5.19. The van der Waals surface area contributed by atoms with Crippen molar-refractivity contribution in [1.29, 1.82) is 0 Å². The minimum absolute atomic E-state index is 0.00639. The maximum absolute atomic E-state index is 12.5. The molecule has 1 atom stereocenters. The van der Waals surface area contributed by atoms with Gasteiger partial charge in [0.15, 0.2) is 17.4 Å². The molecule has 1 N–H and O–H groups in total. The van der Waals surface area contributed by atoms with Gasteiger partial charge in [-0.05, 0) is 23.3 Å². The Bertz CT molecular complexity index is 884. The van der Waals surface area contributed by atoms with Crippen molar-refractivity contribution >= 4 is 18.0 Å². The van der Waals surface area contributed by atoms with Gasteiger partial charge in [0.25, 0.3) is 0 Å². The molecule has 0 fully saturated rings. The number of carbonyl (C=O) groups is 3. The van der Waals surface area contributed by atoms with Crippen molar-refractivity contribution in [2.24, 2.45) is 5.92 Å². The van der Waals surface area contributed by atoms with Gasteiger partial charge >= 0.3 is 18.0 Å². The van der Waals surface area contributed by atoms with E-state index in [4.69, 9.17) is 23.7 Å². The van der Waals surface area contributed by atoms with E-state index in [0.717, 1.165) is 19.8 Å². The molecule has 0 saturated heterocycles. The molecule has 2 aromatic carbocycles. The van der Waals surface area contributed by atoms with Crippen LogP contribution >= 0.6 is 0 Å². The van der Waals surface area contributed by atoms with E-state index in [1.807, 2.05) is 18.2 Å². The molecule has 2 rings (SSSR count). The van der Waals surface area contributed by atoms with Crippen LogP contribution < -0.4 is 14.8 Å². The number of ether oxygens (including phenoxy) is 5. The Balaban J connectivity index is 2.35. The summed E-state index contributed by atoms with van der Waals surface area (Å²) in [5, 5.41) is 2.56. The third kappa shape index (κ3) is 6.11. The zero-order valence-corrected chi connectivity index (χ0v) is 17.7. The lowest BCUT2D eigenvalue weighted by Crippen LogP contribution is -2.42. The molecule has 9 nitrogen and oxygen atoms in total. The molecule has 1 amide bonds. The molecule has 31 heavy (non-hydrogen) atoms. The standard InChI is InChI=1S/C22H25NO8/c1-27-16-11-10-15(12-17(16)28-2)19(18(20(24)29-3)21(25)30-4)23-22(26)31-13-14-8-6-5-7-9-14/h5-12,18-19H,13H2,1-4H3,(H,23,26)/t19-/m0/s1. The number of rotatable bonds is 9. The van der Waals surface area contributed by atoms with Crippen LogP contribution in [-0.4, -0.2) is 46.5 Å². The van der Waals surface area contributed by atoms with Crippen LogP contribution in [0.3, 0.4) is 0 Å². The van der Waals surface area contributed by atoms with Gasteiger partial charge in [0.2, 0.25) is 0 Å². The number of alkyl carbamates (subject to hydrolysis) is 1. The first-order chi connectivity index (χ1) is 14.9. The van der Waals surface area contributed by atoms with Crippen molar-refractivity contribution in [2.75, 3.05) is 28.4 Å². The van der Waals surface area contributed by atoms with E-state index in [1.54, 1.807) is 30.3 Å². The normalized spacial score (nSPS) is 11.3. The van der Waals surface area contributed by atoms with Crippen LogP contribution in [-0.2, 0) is 30.4 Å². The maximum atomic E-state index is 12.5. The first kappa shape index (κ1) is 23.5. The van der Waals surface area contributed by atoms with Crippen molar-refractivity contribution in [3.63, 3.8) is 0 Å². The fraction of sp³-hybridized carbons (Fsp3) is 0.318. The highest BCUT2D eigenvalue weighted by atomic mass is 16.6. The minimum atomic E-state index is -1.47. The van der Waals surface area contributed by atoms with Crippen molar-refractivity contribution in [3.8, 4) is 11.5 Å². The van der Waals surface area contributed by atoms with Gasteiger partial charge in [-0.15, -0.1) is 0 Å². The SMILES string of the molecule is COC(=O)C(C(=O)OC)[C@@H](NC(=O)OCc1ccccc1)c1ccc(OC)c(OC)c1. The first-order valence-electron chi connectivity index (χ1n) is 9.29. The molecular formula is C22H25NO8. The fourth-order valence-corrected chi connectivity index (χ4v) is 2.92. The van der Waals surface area contributed by atoms with Gasteiger partial charge in [0, 0.05) is 0 Å². The van der Waals surface area contributed by atoms with E-state index in [2.05, 4.69) is 5.32 Å². The minimum Gasteiger partial charge on any atom is -0.493 e. The third-order valence-corrected chi connectivity index (χ3v) is 4.50. The summed E-state index contributed by atoms with van der Waals surface area (Å²) >= 11 is 0. The number of esters is 2. The van der Waals surface area contributed by atoms with Crippen LogP contribution in [0.1, 0.15) is 17.2 Å². The van der Waals surface area contributed by atoms with Crippen LogP contribution in [0.15, 0.2) is 48.5 Å². The predicted molar refractivity (Wildman–Crippen MR) is 110 cm³/mol. The summed E-state index contributed by atoms with van der Waals surface area (Å²) in [6, 6.07) is 12.6.